The summed E-state index contributed by atoms with van der Waals surface area (Å²) in [5.74, 6) is 0.822. The highest BCUT2D eigenvalue weighted by molar-refractivity contribution is 7.18. The first-order valence-electron chi connectivity index (χ1n) is 11.1. The van der Waals surface area contributed by atoms with Crippen molar-refractivity contribution in [3.63, 3.8) is 0 Å². The lowest BCUT2D eigenvalue weighted by atomic mass is 9.72. The molecule has 1 amide bonds. The van der Waals surface area contributed by atoms with Crippen LogP contribution in [0.5, 0.6) is 5.75 Å². The molecule has 1 N–H and O–H groups in total. The molecule has 0 bridgehead atoms. The van der Waals surface area contributed by atoms with Crippen molar-refractivity contribution in [2.24, 2.45) is 11.3 Å². The van der Waals surface area contributed by atoms with Crippen LogP contribution in [0.2, 0.25) is 0 Å². The molecule has 3 aromatic rings. The van der Waals surface area contributed by atoms with Crippen LogP contribution in [0.4, 0.5) is 5.69 Å². The predicted octanol–water partition coefficient (Wildman–Crippen LogP) is 4.60. The SMILES string of the molecule is CCC(C(=O)Nc1ccccc1OC)n1nnc2sc3c(c2c1=O)CCC(C(C)(C)C)C3. The van der Waals surface area contributed by atoms with Gasteiger partial charge in [0.15, 0.2) is 4.83 Å². The Bertz CT molecular complexity index is 1210. The Morgan fingerprint density at radius 2 is 2.09 bits per heavy atom. The number of nitrogens with one attached hydrogen (secondary N) is 1. The van der Waals surface area contributed by atoms with Crippen LogP contribution in [-0.2, 0) is 17.6 Å². The van der Waals surface area contributed by atoms with Crippen molar-refractivity contribution in [3.8, 4) is 5.75 Å². The van der Waals surface area contributed by atoms with Crippen molar-refractivity contribution in [2.45, 2.75) is 59.4 Å². The quantitative estimate of drug-likeness (QED) is 0.609. The molecule has 1 aliphatic rings. The standard InChI is InChI=1S/C24H30N4O3S/c1-6-17(21(29)25-16-9-7-8-10-18(16)31-5)28-23(30)20-15-12-11-14(24(2,3)4)13-19(15)32-22(20)26-27-28/h7-10,14,17H,6,11-13H2,1-5H3,(H,25,29). The van der Waals surface area contributed by atoms with Crippen LogP contribution in [0.1, 0.15) is 57.0 Å². The molecule has 4 rings (SSSR count). The Hall–Kier alpha value is -2.74. The zero-order valence-corrected chi connectivity index (χ0v) is 20.1. The Labute approximate surface area is 191 Å². The monoisotopic (exact) mass is 454 g/mol. The number of para-hydroxylation sites is 2. The molecule has 2 aromatic heterocycles. The Morgan fingerprint density at radius 1 is 1.34 bits per heavy atom. The lowest BCUT2D eigenvalue weighted by molar-refractivity contribution is -0.119. The number of aryl methyl sites for hydroxylation is 1. The van der Waals surface area contributed by atoms with E-state index in [1.807, 2.05) is 19.1 Å². The van der Waals surface area contributed by atoms with Crippen LogP contribution in [-0.4, -0.2) is 28.0 Å². The van der Waals surface area contributed by atoms with Crippen molar-refractivity contribution in [2.75, 3.05) is 12.4 Å². The maximum Gasteiger partial charge on any atom is 0.279 e. The van der Waals surface area contributed by atoms with E-state index in [1.165, 1.54) is 9.56 Å². The Kier molecular flexibility index (Phi) is 6.07. The number of anilines is 1. The molecule has 170 valence electrons. The number of aromatic nitrogens is 3. The molecule has 7 nitrogen and oxygen atoms in total. The number of benzene rings is 1. The highest BCUT2D eigenvalue weighted by Crippen LogP contribution is 2.42. The maximum atomic E-state index is 13.5. The van der Waals surface area contributed by atoms with Gasteiger partial charge in [0.05, 0.1) is 18.2 Å². The first kappa shape index (κ1) is 22.5. The predicted molar refractivity (Wildman–Crippen MR) is 128 cm³/mol. The molecule has 0 aliphatic heterocycles. The largest absolute Gasteiger partial charge is 0.495 e. The summed E-state index contributed by atoms with van der Waals surface area (Å²) in [6.45, 7) is 8.68. The molecular weight excluding hydrogens is 424 g/mol. The van der Waals surface area contributed by atoms with Crippen molar-refractivity contribution >= 4 is 33.1 Å². The van der Waals surface area contributed by atoms with Gasteiger partial charge in [0, 0.05) is 4.88 Å². The number of thiophene rings is 1. The van der Waals surface area contributed by atoms with Gasteiger partial charge in [0.2, 0.25) is 5.91 Å². The molecule has 0 fully saturated rings. The Morgan fingerprint density at radius 3 is 2.78 bits per heavy atom. The van der Waals surface area contributed by atoms with E-state index in [2.05, 4.69) is 36.4 Å². The van der Waals surface area contributed by atoms with Gasteiger partial charge in [0.25, 0.3) is 5.56 Å². The number of hydrogen-bond donors (Lipinski definition) is 1. The van der Waals surface area contributed by atoms with Crippen molar-refractivity contribution < 1.29 is 9.53 Å². The van der Waals surface area contributed by atoms with Gasteiger partial charge in [-0.3, -0.25) is 9.59 Å². The molecule has 8 heteroatoms. The molecule has 0 saturated heterocycles. The van der Waals surface area contributed by atoms with Crippen molar-refractivity contribution in [1.82, 2.24) is 15.0 Å². The fraction of sp³-hybridized carbons (Fsp3) is 0.500. The van der Waals surface area contributed by atoms with Gasteiger partial charge in [-0.1, -0.05) is 45.0 Å². The number of methoxy groups -OCH3 is 1. The van der Waals surface area contributed by atoms with E-state index in [1.54, 1.807) is 30.6 Å². The summed E-state index contributed by atoms with van der Waals surface area (Å²) in [6.07, 6.45) is 3.29. The average molecular weight is 455 g/mol. The summed E-state index contributed by atoms with van der Waals surface area (Å²) in [5, 5.41) is 12.0. The second-order valence-electron chi connectivity index (χ2n) is 9.44. The highest BCUT2D eigenvalue weighted by atomic mass is 32.1. The van der Waals surface area contributed by atoms with Crippen LogP contribution < -0.4 is 15.6 Å². The maximum absolute atomic E-state index is 13.5. The molecule has 2 atom stereocenters. The average Bonchev–Trinajstić information content (AvgIpc) is 3.14. The van der Waals surface area contributed by atoms with E-state index in [0.29, 0.717) is 34.0 Å². The summed E-state index contributed by atoms with van der Waals surface area (Å²) in [7, 11) is 1.55. The first-order valence-corrected chi connectivity index (χ1v) is 11.9. The van der Waals surface area contributed by atoms with Crippen LogP contribution >= 0.6 is 11.3 Å². The minimum atomic E-state index is -0.759. The number of carbonyl (C=O) groups excluding carboxylic acids is 1. The summed E-state index contributed by atoms with van der Waals surface area (Å²) in [5.41, 5.74) is 1.65. The minimum Gasteiger partial charge on any atom is -0.495 e. The first-order chi connectivity index (χ1) is 15.2. The molecule has 0 radical (unpaired) electrons. The third-order valence-electron chi connectivity index (χ3n) is 6.47. The molecule has 0 saturated carbocycles. The van der Waals surface area contributed by atoms with Gasteiger partial charge in [0.1, 0.15) is 11.8 Å². The van der Waals surface area contributed by atoms with E-state index in [4.69, 9.17) is 4.74 Å². The fourth-order valence-corrected chi connectivity index (χ4v) is 5.72. The number of ether oxygens (including phenoxy) is 1. The molecule has 0 spiro atoms. The van der Waals surface area contributed by atoms with Crippen LogP contribution in [0.25, 0.3) is 10.2 Å². The zero-order chi connectivity index (χ0) is 23.0. The van der Waals surface area contributed by atoms with Gasteiger partial charge in [-0.25, -0.2) is 0 Å². The van der Waals surface area contributed by atoms with Crippen molar-refractivity contribution in [3.05, 3.63) is 45.1 Å². The number of rotatable bonds is 5. The summed E-state index contributed by atoms with van der Waals surface area (Å²) < 4.78 is 6.57. The molecule has 1 aromatic carbocycles. The number of carbonyl (C=O) groups is 1. The van der Waals surface area contributed by atoms with E-state index in [9.17, 15) is 9.59 Å². The summed E-state index contributed by atoms with van der Waals surface area (Å²) in [6, 6.07) is 6.43. The van der Waals surface area contributed by atoms with E-state index in [0.717, 1.165) is 24.8 Å². The topological polar surface area (TPSA) is 86.1 Å². The van der Waals surface area contributed by atoms with Crippen LogP contribution in [0.3, 0.4) is 0 Å². The van der Waals surface area contributed by atoms with E-state index >= 15 is 0 Å². The number of hydrogen-bond acceptors (Lipinski definition) is 6. The van der Waals surface area contributed by atoms with E-state index in [-0.39, 0.29) is 16.9 Å². The van der Waals surface area contributed by atoms with Gasteiger partial charge >= 0.3 is 0 Å². The third-order valence-corrected chi connectivity index (χ3v) is 7.61. The molecule has 32 heavy (non-hydrogen) atoms. The number of fused-ring (bicyclic) bond motifs is 3. The lowest BCUT2D eigenvalue weighted by Crippen LogP contribution is -2.35. The summed E-state index contributed by atoms with van der Waals surface area (Å²) in [4.78, 5) is 28.5. The smallest absolute Gasteiger partial charge is 0.279 e. The molecule has 2 unspecified atom stereocenters. The fourth-order valence-electron chi connectivity index (χ4n) is 4.48. The van der Waals surface area contributed by atoms with E-state index < -0.39 is 6.04 Å². The zero-order valence-electron chi connectivity index (χ0n) is 19.3. The second-order valence-corrected chi connectivity index (χ2v) is 10.5. The van der Waals surface area contributed by atoms with Crippen LogP contribution in [0, 0.1) is 11.3 Å². The van der Waals surface area contributed by atoms with Crippen molar-refractivity contribution in [1.29, 1.82) is 0 Å². The van der Waals surface area contributed by atoms with Crippen LogP contribution in [0.15, 0.2) is 29.1 Å². The van der Waals surface area contributed by atoms with Gasteiger partial charge in [-0.2, -0.15) is 4.68 Å². The van der Waals surface area contributed by atoms with Gasteiger partial charge < -0.3 is 10.1 Å². The number of amides is 1. The number of nitrogens with zero attached hydrogens (tertiary/aromatic N) is 3. The third kappa shape index (κ3) is 4.03. The lowest BCUT2D eigenvalue weighted by Gasteiger charge is -2.33. The van der Waals surface area contributed by atoms with Gasteiger partial charge in [-0.05, 0) is 54.7 Å². The normalized spacial score (nSPS) is 17.1. The highest BCUT2D eigenvalue weighted by Gasteiger charge is 2.33. The Balaban J connectivity index is 1.69. The second kappa shape index (κ2) is 8.65. The summed E-state index contributed by atoms with van der Waals surface area (Å²) >= 11 is 1.57. The minimum absolute atomic E-state index is 0.226. The van der Waals surface area contributed by atoms with Gasteiger partial charge in [-0.15, -0.1) is 16.4 Å². The molecule has 1 aliphatic carbocycles. The molecular formula is C24H30N4O3S. The molecule has 2 heterocycles.